The van der Waals surface area contributed by atoms with E-state index in [1.54, 1.807) is 6.20 Å². The Morgan fingerprint density at radius 3 is 2.42 bits per heavy atom. The van der Waals surface area contributed by atoms with Crippen LogP contribution in [-0.2, 0) is 0 Å². The number of amidine groups is 1. The van der Waals surface area contributed by atoms with E-state index in [9.17, 15) is 0 Å². The molecule has 0 fully saturated rings. The van der Waals surface area contributed by atoms with Crippen molar-refractivity contribution in [2.75, 3.05) is 0 Å². The highest BCUT2D eigenvalue weighted by Crippen LogP contribution is 2.18. The topological polar surface area (TPSA) is 38.4 Å². The molecule has 0 aliphatic carbocycles. The summed E-state index contributed by atoms with van der Waals surface area (Å²) in [5, 5.41) is 0. The van der Waals surface area contributed by atoms with Gasteiger partial charge in [0.05, 0.1) is 0 Å². The molecule has 0 spiro atoms. The summed E-state index contributed by atoms with van der Waals surface area (Å²) in [7, 11) is 0. The Bertz CT molecular complexity index is 210. The zero-order chi connectivity index (χ0) is 9.61. The van der Waals surface area contributed by atoms with Gasteiger partial charge in [-0.15, -0.1) is 0 Å². The molecule has 0 aromatic heterocycles. The van der Waals surface area contributed by atoms with Gasteiger partial charge in [0.1, 0.15) is 5.84 Å². The lowest BCUT2D eigenvalue weighted by Crippen LogP contribution is -2.29. The number of nitrogens with two attached hydrogens (primary N) is 1. The van der Waals surface area contributed by atoms with Crippen molar-refractivity contribution in [1.82, 2.24) is 0 Å². The molecule has 0 atom stereocenters. The quantitative estimate of drug-likeness (QED) is 0.590. The lowest BCUT2D eigenvalue weighted by molar-refractivity contribution is 0.670. The summed E-state index contributed by atoms with van der Waals surface area (Å²) in [6.07, 6.45) is 7.58. The summed E-state index contributed by atoms with van der Waals surface area (Å²) >= 11 is 0. The second-order valence-corrected chi connectivity index (χ2v) is 2.94. The smallest absolute Gasteiger partial charge is 0.108 e. The van der Waals surface area contributed by atoms with Crippen molar-refractivity contribution < 1.29 is 0 Å². The number of allylic oxidation sites excluding steroid dienone is 2. The van der Waals surface area contributed by atoms with Gasteiger partial charge in [0, 0.05) is 11.6 Å². The van der Waals surface area contributed by atoms with Gasteiger partial charge in [-0.3, -0.25) is 0 Å². The number of hydrogen-bond acceptors (Lipinski definition) is 2. The molecule has 0 saturated heterocycles. The van der Waals surface area contributed by atoms with E-state index < -0.39 is 0 Å². The number of nitrogens with zero attached hydrogens (tertiary/aromatic N) is 1. The summed E-state index contributed by atoms with van der Waals surface area (Å²) in [4.78, 5) is 4.03. The molecule has 2 N–H and O–H groups in total. The molecule has 0 unspecified atom stereocenters. The first kappa shape index (κ1) is 11.0. The first-order valence-electron chi connectivity index (χ1n) is 4.31. The van der Waals surface area contributed by atoms with E-state index in [-0.39, 0.29) is 5.41 Å². The molecule has 0 aromatic carbocycles. The van der Waals surface area contributed by atoms with Crippen LogP contribution < -0.4 is 5.73 Å². The van der Waals surface area contributed by atoms with Gasteiger partial charge in [0.25, 0.3) is 0 Å². The fourth-order valence-electron chi connectivity index (χ4n) is 0.721. The summed E-state index contributed by atoms with van der Waals surface area (Å²) in [5.74, 6) is 0.664. The van der Waals surface area contributed by atoms with Gasteiger partial charge in [-0.2, -0.15) is 0 Å². The van der Waals surface area contributed by atoms with Gasteiger partial charge < -0.3 is 5.73 Å². The van der Waals surface area contributed by atoms with Gasteiger partial charge in [-0.25, -0.2) is 4.99 Å². The van der Waals surface area contributed by atoms with Crippen LogP contribution in [0.1, 0.15) is 27.7 Å². The van der Waals surface area contributed by atoms with Gasteiger partial charge in [-0.1, -0.05) is 26.0 Å². The van der Waals surface area contributed by atoms with Gasteiger partial charge in [-0.05, 0) is 19.9 Å². The van der Waals surface area contributed by atoms with Crippen LogP contribution in [0.15, 0.2) is 29.4 Å². The summed E-state index contributed by atoms with van der Waals surface area (Å²) < 4.78 is 0. The Hall–Kier alpha value is -1.05. The van der Waals surface area contributed by atoms with E-state index in [1.807, 2.05) is 45.9 Å². The standard InChI is InChI=1S/C8H12N2.C2H6/c1-8(2)5-3-4-6-10-7(8)9;1-2/h3-6H,1-2H3,(H2,9,10);1-2H3. The van der Waals surface area contributed by atoms with Crippen LogP contribution in [0.5, 0.6) is 0 Å². The van der Waals surface area contributed by atoms with Crippen molar-refractivity contribution in [2.24, 2.45) is 16.1 Å². The molecular weight excluding hydrogens is 148 g/mol. The zero-order valence-corrected chi connectivity index (χ0v) is 8.33. The van der Waals surface area contributed by atoms with Crippen molar-refractivity contribution >= 4 is 5.84 Å². The SMILES string of the molecule is CC.CC1(C)C=CC=CN=C1N. The van der Waals surface area contributed by atoms with Gasteiger partial charge >= 0.3 is 0 Å². The predicted molar refractivity (Wildman–Crippen MR) is 55.0 cm³/mol. The number of aliphatic imine (C=N–C) groups is 1. The summed E-state index contributed by atoms with van der Waals surface area (Å²) in [6.45, 7) is 8.07. The maximum atomic E-state index is 5.66. The summed E-state index contributed by atoms with van der Waals surface area (Å²) in [5.41, 5.74) is 5.57. The Balaban J connectivity index is 0.000000561. The molecule has 12 heavy (non-hydrogen) atoms. The van der Waals surface area contributed by atoms with E-state index in [1.165, 1.54) is 0 Å². The van der Waals surface area contributed by atoms with E-state index >= 15 is 0 Å². The van der Waals surface area contributed by atoms with E-state index in [0.29, 0.717) is 5.84 Å². The van der Waals surface area contributed by atoms with Crippen LogP contribution in [0, 0.1) is 5.41 Å². The number of rotatable bonds is 0. The normalized spacial score (nSPS) is 18.8. The lowest BCUT2D eigenvalue weighted by Gasteiger charge is -2.17. The molecule has 0 aromatic rings. The third kappa shape index (κ3) is 2.91. The second-order valence-electron chi connectivity index (χ2n) is 2.94. The fourth-order valence-corrected chi connectivity index (χ4v) is 0.721. The van der Waals surface area contributed by atoms with E-state index in [2.05, 4.69) is 4.99 Å². The van der Waals surface area contributed by atoms with Gasteiger partial charge in [0.15, 0.2) is 0 Å². The van der Waals surface area contributed by atoms with Crippen molar-refractivity contribution in [1.29, 1.82) is 0 Å². The molecule has 1 rings (SSSR count). The summed E-state index contributed by atoms with van der Waals surface area (Å²) in [6, 6.07) is 0. The first-order chi connectivity index (χ1) is 5.63. The Morgan fingerprint density at radius 1 is 1.25 bits per heavy atom. The Morgan fingerprint density at radius 2 is 1.83 bits per heavy atom. The van der Waals surface area contributed by atoms with Crippen molar-refractivity contribution in [3.63, 3.8) is 0 Å². The third-order valence-corrected chi connectivity index (χ3v) is 1.58. The Kier molecular flexibility index (Phi) is 4.34. The van der Waals surface area contributed by atoms with Crippen LogP contribution in [0.2, 0.25) is 0 Å². The van der Waals surface area contributed by atoms with Crippen LogP contribution >= 0.6 is 0 Å². The van der Waals surface area contributed by atoms with Crippen LogP contribution in [0.3, 0.4) is 0 Å². The molecular formula is C10H18N2. The average Bonchev–Trinajstić information content (AvgIpc) is 2.19. The van der Waals surface area contributed by atoms with Crippen molar-refractivity contribution in [3.05, 3.63) is 24.4 Å². The molecule has 1 aliphatic rings. The highest BCUT2D eigenvalue weighted by atomic mass is 14.9. The lowest BCUT2D eigenvalue weighted by atomic mass is 9.92. The fraction of sp³-hybridized carbons (Fsp3) is 0.500. The van der Waals surface area contributed by atoms with Crippen molar-refractivity contribution in [2.45, 2.75) is 27.7 Å². The molecule has 2 nitrogen and oxygen atoms in total. The maximum absolute atomic E-state index is 5.66. The van der Waals surface area contributed by atoms with Crippen LogP contribution in [0.4, 0.5) is 0 Å². The van der Waals surface area contributed by atoms with E-state index in [4.69, 9.17) is 5.73 Å². The maximum Gasteiger partial charge on any atom is 0.108 e. The molecule has 2 heteroatoms. The minimum absolute atomic E-state index is 0.0938. The van der Waals surface area contributed by atoms with Crippen LogP contribution in [0.25, 0.3) is 0 Å². The van der Waals surface area contributed by atoms with E-state index in [0.717, 1.165) is 0 Å². The number of hydrogen-bond donors (Lipinski definition) is 1. The molecule has 0 radical (unpaired) electrons. The molecule has 1 aliphatic heterocycles. The first-order valence-corrected chi connectivity index (χ1v) is 4.31. The second kappa shape index (κ2) is 4.75. The zero-order valence-electron chi connectivity index (χ0n) is 8.33. The predicted octanol–water partition coefficient (Wildman–Crippen LogP) is 2.48. The monoisotopic (exact) mass is 166 g/mol. The minimum Gasteiger partial charge on any atom is -0.386 e. The average molecular weight is 166 g/mol. The Labute approximate surface area is 74.9 Å². The molecule has 1 heterocycles. The molecule has 68 valence electrons. The molecule has 0 bridgehead atoms. The molecule has 0 saturated carbocycles. The van der Waals surface area contributed by atoms with Crippen molar-refractivity contribution in [3.8, 4) is 0 Å². The molecule has 0 amide bonds. The highest BCUT2D eigenvalue weighted by molar-refractivity contribution is 5.88. The van der Waals surface area contributed by atoms with Gasteiger partial charge in [0.2, 0.25) is 0 Å². The van der Waals surface area contributed by atoms with Crippen LogP contribution in [-0.4, -0.2) is 5.84 Å². The highest BCUT2D eigenvalue weighted by Gasteiger charge is 2.18. The minimum atomic E-state index is -0.0938. The third-order valence-electron chi connectivity index (χ3n) is 1.58. The largest absolute Gasteiger partial charge is 0.386 e.